The zero-order valence-electron chi connectivity index (χ0n) is 10.7. The summed E-state index contributed by atoms with van der Waals surface area (Å²) in [5.41, 5.74) is 3.19. The van der Waals surface area contributed by atoms with Gasteiger partial charge in [0.25, 0.3) is 0 Å². The summed E-state index contributed by atoms with van der Waals surface area (Å²) in [5, 5.41) is 1.42. The Balaban J connectivity index is 2.53. The lowest BCUT2D eigenvalue weighted by Gasteiger charge is -2.17. The third-order valence-corrected chi connectivity index (χ3v) is 2.93. The quantitative estimate of drug-likeness (QED) is 0.705. The van der Waals surface area contributed by atoms with E-state index in [0.717, 1.165) is 13.0 Å². The van der Waals surface area contributed by atoms with Crippen molar-refractivity contribution in [2.75, 3.05) is 0 Å². The fourth-order valence-corrected chi connectivity index (χ4v) is 2.30. The van der Waals surface area contributed by atoms with Crippen LogP contribution in [0.25, 0.3) is 10.9 Å². The van der Waals surface area contributed by atoms with Crippen molar-refractivity contribution in [3.63, 3.8) is 0 Å². The van der Waals surface area contributed by atoms with Gasteiger partial charge in [-0.3, -0.25) is 0 Å². The molecular formula is C15H21N. The average molecular weight is 215 g/mol. The van der Waals surface area contributed by atoms with Crippen molar-refractivity contribution in [1.29, 1.82) is 0 Å². The van der Waals surface area contributed by atoms with E-state index in [9.17, 15) is 0 Å². The number of aryl methyl sites for hydroxylation is 1. The maximum absolute atomic E-state index is 2.34. The molecule has 0 atom stereocenters. The number of benzene rings is 1. The fourth-order valence-electron chi connectivity index (χ4n) is 2.30. The zero-order valence-corrected chi connectivity index (χ0v) is 10.7. The first-order valence-electron chi connectivity index (χ1n) is 6.08. The molecule has 0 aliphatic heterocycles. The molecule has 0 saturated heterocycles. The van der Waals surface area contributed by atoms with Gasteiger partial charge in [0, 0.05) is 23.6 Å². The Labute approximate surface area is 98.1 Å². The molecule has 0 aliphatic carbocycles. The second-order valence-corrected chi connectivity index (χ2v) is 5.69. The van der Waals surface area contributed by atoms with Crippen molar-refractivity contribution >= 4 is 10.9 Å². The minimum atomic E-state index is 0.350. The molecule has 1 nitrogen and oxygen atoms in total. The van der Waals surface area contributed by atoms with Gasteiger partial charge in [-0.2, -0.15) is 0 Å². The molecule has 86 valence electrons. The number of nitrogens with zero attached hydrogens (tertiary/aromatic N) is 1. The van der Waals surface area contributed by atoms with Gasteiger partial charge in [-0.05, 0) is 30.4 Å². The molecule has 16 heavy (non-hydrogen) atoms. The first-order valence-corrected chi connectivity index (χ1v) is 6.08. The van der Waals surface area contributed by atoms with Gasteiger partial charge in [0.15, 0.2) is 0 Å². The van der Waals surface area contributed by atoms with Crippen molar-refractivity contribution in [3.8, 4) is 0 Å². The lowest BCUT2D eigenvalue weighted by molar-refractivity contribution is 0.412. The summed E-state index contributed by atoms with van der Waals surface area (Å²) >= 11 is 0. The van der Waals surface area contributed by atoms with Gasteiger partial charge < -0.3 is 4.57 Å². The second-order valence-electron chi connectivity index (χ2n) is 5.69. The summed E-state index contributed by atoms with van der Waals surface area (Å²) in [5.74, 6) is 0. The van der Waals surface area contributed by atoms with Crippen LogP contribution in [-0.4, -0.2) is 4.57 Å². The van der Waals surface area contributed by atoms with E-state index in [1.165, 1.54) is 16.5 Å². The number of fused-ring (bicyclic) bond motifs is 1. The Morgan fingerprint density at radius 2 is 1.81 bits per heavy atom. The molecule has 1 aromatic heterocycles. The Hall–Kier alpha value is -1.24. The number of para-hydroxylation sites is 1. The zero-order chi connectivity index (χ0) is 11.8. The van der Waals surface area contributed by atoms with Crippen LogP contribution in [0.5, 0.6) is 0 Å². The van der Waals surface area contributed by atoms with Crippen molar-refractivity contribution in [2.45, 2.75) is 40.7 Å². The Morgan fingerprint density at radius 1 is 1.12 bits per heavy atom. The van der Waals surface area contributed by atoms with Crippen LogP contribution >= 0.6 is 0 Å². The maximum Gasteiger partial charge on any atom is 0.0483 e. The van der Waals surface area contributed by atoms with E-state index in [2.05, 4.69) is 62.7 Å². The fraction of sp³-hybridized carbons (Fsp3) is 0.467. The summed E-state index contributed by atoms with van der Waals surface area (Å²) in [6, 6.07) is 8.71. The van der Waals surface area contributed by atoms with Crippen LogP contribution < -0.4 is 0 Å². The van der Waals surface area contributed by atoms with Gasteiger partial charge in [0.2, 0.25) is 0 Å². The first-order chi connectivity index (χ1) is 7.51. The molecule has 1 heteroatoms. The lowest BCUT2D eigenvalue weighted by atomic mass is 9.88. The molecule has 2 aromatic rings. The summed E-state index contributed by atoms with van der Waals surface area (Å²) in [4.78, 5) is 0. The molecule has 0 spiro atoms. The number of rotatable bonds is 2. The van der Waals surface area contributed by atoms with Crippen LogP contribution in [-0.2, 0) is 13.0 Å². The van der Waals surface area contributed by atoms with E-state index in [1.807, 2.05) is 0 Å². The standard InChI is InChI=1S/C15H21N/c1-5-16-11-12(10-15(2,3)4)13-8-6-7-9-14(13)16/h6-9,11H,5,10H2,1-4H3. The Bertz CT molecular complexity index is 486. The van der Waals surface area contributed by atoms with Gasteiger partial charge in [-0.25, -0.2) is 0 Å². The third-order valence-electron chi connectivity index (χ3n) is 2.93. The molecule has 0 bridgehead atoms. The molecule has 0 amide bonds. The molecule has 0 radical (unpaired) electrons. The van der Waals surface area contributed by atoms with E-state index < -0.39 is 0 Å². The third kappa shape index (κ3) is 2.13. The van der Waals surface area contributed by atoms with Gasteiger partial charge in [-0.1, -0.05) is 39.0 Å². The molecule has 1 heterocycles. The Morgan fingerprint density at radius 3 is 2.44 bits per heavy atom. The minimum absolute atomic E-state index is 0.350. The van der Waals surface area contributed by atoms with Gasteiger partial charge in [0.05, 0.1) is 0 Å². The summed E-state index contributed by atoms with van der Waals surface area (Å²) in [6.07, 6.45) is 3.45. The summed E-state index contributed by atoms with van der Waals surface area (Å²) in [7, 11) is 0. The highest BCUT2D eigenvalue weighted by atomic mass is 14.9. The average Bonchev–Trinajstić information content (AvgIpc) is 2.55. The van der Waals surface area contributed by atoms with Crippen molar-refractivity contribution in [3.05, 3.63) is 36.0 Å². The van der Waals surface area contributed by atoms with Crippen LogP contribution in [0.1, 0.15) is 33.3 Å². The smallest absolute Gasteiger partial charge is 0.0483 e. The van der Waals surface area contributed by atoms with Crippen molar-refractivity contribution in [1.82, 2.24) is 4.57 Å². The molecule has 0 fully saturated rings. The largest absolute Gasteiger partial charge is 0.347 e. The van der Waals surface area contributed by atoms with Crippen molar-refractivity contribution in [2.24, 2.45) is 5.41 Å². The van der Waals surface area contributed by atoms with Crippen molar-refractivity contribution < 1.29 is 0 Å². The van der Waals surface area contributed by atoms with Crippen LogP contribution in [0.3, 0.4) is 0 Å². The minimum Gasteiger partial charge on any atom is -0.347 e. The summed E-state index contributed by atoms with van der Waals surface area (Å²) < 4.78 is 2.34. The maximum atomic E-state index is 2.34. The highest BCUT2D eigenvalue weighted by Crippen LogP contribution is 2.28. The normalized spacial score (nSPS) is 12.2. The highest BCUT2D eigenvalue weighted by Gasteiger charge is 2.15. The molecule has 1 aromatic carbocycles. The molecule has 0 unspecified atom stereocenters. The van der Waals surface area contributed by atoms with E-state index in [-0.39, 0.29) is 0 Å². The van der Waals surface area contributed by atoms with Gasteiger partial charge >= 0.3 is 0 Å². The second kappa shape index (κ2) is 3.97. The SMILES string of the molecule is CCn1cc(CC(C)(C)C)c2ccccc21. The van der Waals surface area contributed by atoms with Crippen LogP contribution in [0.15, 0.2) is 30.5 Å². The predicted molar refractivity (Wildman–Crippen MR) is 70.8 cm³/mol. The van der Waals surface area contributed by atoms with Gasteiger partial charge in [0.1, 0.15) is 0 Å². The predicted octanol–water partition coefficient (Wildman–Crippen LogP) is 4.25. The van der Waals surface area contributed by atoms with E-state index in [1.54, 1.807) is 0 Å². The van der Waals surface area contributed by atoms with Crippen LogP contribution in [0, 0.1) is 5.41 Å². The molecule has 0 saturated carbocycles. The van der Waals surface area contributed by atoms with E-state index in [0.29, 0.717) is 5.41 Å². The molecule has 0 N–H and O–H groups in total. The number of hydrogen-bond acceptors (Lipinski definition) is 0. The molecule has 2 rings (SSSR count). The van der Waals surface area contributed by atoms with E-state index in [4.69, 9.17) is 0 Å². The number of aromatic nitrogens is 1. The first kappa shape index (κ1) is 11.3. The highest BCUT2D eigenvalue weighted by molar-refractivity contribution is 5.84. The van der Waals surface area contributed by atoms with E-state index >= 15 is 0 Å². The van der Waals surface area contributed by atoms with Gasteiger partial charge in [-0.15, -0.1) is 0 Å². The van der Waals surface area contributed by atoms with Crippen LogP contribution in [0.4, 0.5) is 0 Å². The molecular weight excluding hydrogens is 194 g/mol. The molecule has 0 aliphatic rings. The lowest BCUT2D eigenvalue weighted by Crippen LogP contribution is -2.08. The summed E-state index contributed by atoms with van der Waals surface area (Å²) in [6.45, 7) is 10.1. The number of hydrogen-bond donors (Lipinski definition) is 0. The monoisotopic (exact) mass is 215 g/mol. The Kier molecular flexibility index (Phi) is 2.79. The topological polar surface area (TPSA) is 4.93 Å². The van der Waals surface area contributed by atoms with Crippen LogP contribution in [0.2, 0.25) is 0 Å².